The summed E-state index contributed by atoms with van der Waals surface area (Å²) in [6.07, 6.45) is 6.04. The minimum Gasteiger partial charge on any atom is -0.354 e. The van der Waals surface area contributed by atoms with Gasteiger partial charge in [-0.05, 0) is 32.4 Å². The van der Waals surface area contributed by atoms with Gasteiger partial charge in [-0.15, -0.1) is 0 Å². The lowest BCUT2D eigenvalue weighted by Crippen LogP contribution is -2.33. The van der Waals surface area contributed by atoms with E-state index in [0.717, 1.165) is 32.6 Å². The van der Waals surface area contributed by atoms with Crippen LogP contribution in [0.4, 0.5) is 5.95 Å². The van der Waals surface area contributed by atoms with Gasteiger partial charge in [-0.25, -0.2) is 23.1 Å². The highest BCUT2D eigenvalue weighted by atomic mass is 32.2. The summed E-state index contributed by atoms with van der Waals surface area (Å²) in [5.74, 6) is 0.452. The molecule has 1 aromatic heterocycles. The Morgan fingerprint density at radius 2 is 1.86 bits per heavy atom. The number of nitrogens with zero attached hydrogens (tertiary/aromatic N) is 3. The maximum Gasteiger partial charge on any atom is 0.243 e. The zero-order valence-corrected chi connectivity index (χ0v) is 13.2. The van der Waals surface area contributed by atoms with E-state index in [1.807, 2.05) is 6.92 Å². The molecule has 21 heavy (non-hydrogen) atoms. The summed E-state index contributed by atoms with van der Waals surface area (Å²) in [7, 11) is -3.52. The van der Waals surface area contributed by atoms with Crippen molar-refractivity contribution in [3.8, 4) is 0 Å². The van der Waals surface area contributed by atoms with E-state index in [2.05, 4.69) is 24.9 Å². The van der Waals surface area contributed by atoms with Gasteiger partial charge >= 0.3 is 0 Å². The van der Waals surface area contributed by atoms with Gasteiger partial charge in [-0.2, -0.15) is 0 Å². The summed E-state index contributed by atoms with van der Waals surface area (Å²) >= 11 is 0. The molecule has 0 aromatic carbocycles. The fraction of sp³-hybridized carbons (Fsp3) is 0.692. The van der Waals surface area contributed by atoms with Crippen molar-refractivity contribution in [2.45, 2.75) is 31.1 Å². The number of nitrogens with one attached hydrogen (secondary N) is 2. The standard InChI is InChI=1S/C13H23N5O2S/c1-2-5-14-13-15-10-12(11-16-13)21(19,20)17-6-9-18-7-3-4-8-18/h10-11,17H,2-9H2,1H3,(H,14,15,16). The molecular weight excluding hydrogens is 290 g/mol. The van der Waals surface area contributed by atoms with Crippen LogP contribution in [0.15, 0.2) is 17.3 Å². The second-order valence-corrected chi connectivity index (χ2v) is 6.88. The van der Waals surface area contributed by atoms with E-state index in [1.54, 1.807) is 0 Å². The molecule has 0 saturated carbocycles. The predicted molar refractivity (Wildman–Crippen MR) is 81.7 cm³/mol. The lowest BCUT2D eigenvalue weighted by molar-refractivity contribution is 0.344. The summed E-state index contributed by atoms with van der Waals surface area (Å²) < 4.78 is 26.8. The van der Waals surface area contributed by atoms with Crippen LogP contribution in [0.5, 0.6) is 0 Å². The Morgan fingerprint density at radius 1 is 1.19 bits per heavy atom. The van der Waals surface area contributed by atoms with Gasteiger partial charge in [0.05, 0.1) is 12.4 Å². The van der Waals surface area contributed by atoms with Crippen LogP contribution in [0, 0.1) is 0 Å². The fourth-order valence-corrected chi connectivity index (χ4v) is 3.12. The molecule has 1 aliphatic rings. The molecule has 0 unspecified atom stereocenters. The number of hydrogen-bond acceptors (Lipinski definition) is 6. The van der Waals surface area contributed by atoms with E-state index in [1.165, 1.54) is 25.2 Å². The monoisotopic (exact) mass is 313 g/mol. The highest BCUT2D eigenvalue weighted by Crippen LogP contribution is 2.08. The smallest absolute Gasteiger partial charge is 0.243 e. The highest BCUT2D eigenvalue weighted by Gasteiger charge is 2.16. The molecule has 8 heteroatoms. The van der Waals surface area contributed by atoms with E-state index in [9.17, 15) is 8.42 Å². The van der Waals surface area contributed by atoms with E-state index in [0.29, 0.717) is 12.5 Å². The first-order valence-electron chi connectivity index (χ1n) is 7.40. The van der Waals surface area contributed by atoms with Gasteiger partial charge in [0.2, 0.25) is 16.0 Å². The van der Waals surface area contributed by atoms with Crippen molar-refractivity contribution >= 4 is 16.0 Å². The van der Waals surface area contributed by atoms with Gasteiger partial charge in [0.15, 0.2) is 0 Å². The lowest BCUT2D eigenvalue weighted by atomic mass is 10.4. The highest BCUT2D eigenvalue weighted by molar-refractivity contribution is 7.89. The number of likely N-dealkylation sites (tertiary alicyclic amines) is 1. The Hall–Kier alpha value is -1.25. The first-order valence-corrected chi connectivity index (χ1v) is 8.88. The largest absolute Gasteiger partial charge is 0.354 e. The maximum atomic E-state index is 12.1. The first-order chi connectivity index (χ1) is 10.1. The summed E-state index contributed by atoms with van der Waals surface area (Å²) in [5.41, 5.74) is 0. The molecule has 118 valence electrons. The molecule has 1 aromatic rings. The van der Waals surface area contributed by atoms with Crippen molar-refractivity contribution in [1.82, 2.24) is 19.6 Å². The lowest BCUT2D eigenvalue weighted by Gasteiger charge is -2.14. The van der Waals surface area contributed by atoms with Crippen LogP contribution >= 0.6 is 0 Å². The quantitative estimate of drug-likeness (QED) is 0.733. The van der Waals surface area contributed by atoms with Crippen LogP contribution in [0.2, 0.25) is 0 Å². The normalized spacial score (nSPS) is 16.2. The van der Waals surface area contributed by atoms with Gasteiger partial charge in [-0.1, -0.05) is 6.92 Å². The van der Waals surface area contributed by atoms with Crippen molar-refractivity contribution < 1.29 is 8.42 Å². The van der Waals surface area contributed by atoms with Gasteiger partial charge in [-0.3, -0.25) is 0 Å². The number of hydrogen-bond donors (Lipinski definition) is 2. The molecule has 0 amide bonds. The molecule has 1 aliphatic heterocycles. The minimum atomic E-state index is -3.52. The summed E-state index contributed by atoms with van der Waals surface area (Å²) in [6.45, 7) is 6.08. The van der Waals surface area contributed by atoms with E-state index in [-0.39, 0.29) is 4.90 Å². The minimum absolute atomic E-state index is 0.103. The molecule has 0 radical (unpaired) electrons. The topological polar surface area (TPSA) is 87.2 Å². The molecule has 2 N–H and O–H groups in total. The molecule has 2 rings (SSSR count). The Kier molecular flexibility index (Phi) is 5.89. The third-order valence-electron chi connectivity index (χ3n) is 3.39. The SMILES string of the molecule is CCCNc1ncc(S(=O)(=O)NCCN2CCCC2)cn1. The van der Waals surface area contributed by atoms with Gasteiger partial charge in [0, 0.05) is 19.6 Å². The Morgan fingerprint density at radius 3 is 2.48 bits per heavy atom. The van der Waals surface area contributed by atoms with Crippen molar-refractivity contribution in [3.05, 3.63) is 12.4 Å². The zero-order chi connectivity index (χ0) is 15.1. The van der Waals surface area contributed by atoms with Crippen LogP contribution in [0.3, 0.4) is 0 Å². The summed E-state index contributed by atoms with van der Waals surface area (Å²) in [4.78, 5) is 10.4. The third-order valence-corrected chi connectivity index (χ3v) is 4.81. The summed E-state index contributed by atoms with van der Waals surface area (Å²) in [5, 5.41) is 3.01. The van der Waals surface area contributed by atoms with Crippen molar-refractivity contribution in [2.24, 2.45) is 0 Å². The van der Waals surface area contributed by atoms with Crippen LogP contribution in [-0.2, 0) is 10.0 Å². The van der Waals surface area contributed by atoms with Crippen LogP contribution in [-0.4, -0.2) is 56.0 Å². The molecule has 0 bridgehead atoms. The third kappa shape index (κ3) is 4.90. The van der Waals surface area contributed by atoms with E-state index < -0.39 is 10.0 Å². The number of sulfonamides is 1. The number of aromatic nitrogens is 2. The molecule has 1 saturated heterocycles. The Labute approximate surface area is 126 Å². The van der Waals surface area contributed by atoms with E-state index in [4.69, 9.17) is 0 Å². The van der Waals surface area contributed by atoms with Crippen molar-refractivity contribution in [2.75, 3.05) is 38.0 Å². The van der Waals surface area contributed by atoms with Crippen LogP contribution < -0.4 is 10.0 Å². The molecule has 0 spiro atoms. The number of rotatable bonds is 8. The maximum absolute atomic E-state index is 12.1. The first kappa shape index (κ1) is 16.1. The Bertz CT molecular complexity index is 526. The summed E-state index contributed by atoms with van der Waals surface area (Å²) in [6, 6.07) is 0. The van der Waals surface area contributed by atoms with Gasteiger partial charge in [0.1, 0.15) is 4.90 Å². The van der Waals surface area contributed by atoms with Crippen LogP contribution in [0.25, 0.3) is 0 Å². The van der Waals surface area contributed by atoms with Gasteiger partial charge in [0.25, 0.3) is 0 Å². The van der Waals surface area contributed by atoms with Crippen molar-refractivity contribution in [3.63, 3.8) is 0 Å². The molecule has 2 heterocycles. The average molecular weight is 313 g/mol. The Balaban J connectivity index is 1.85. The van der Waals surface area contributed by atoms with Crippen LogP contribution in [0.1, 0.15) is 26.2 Å². The average Bonchev–Trinajstić information content (AvgIpc) is 2.98. The second-order valence-electron chi connectivity index (χ2n) is 5.12. The van der Waals surface area contributed by atoms with E-state index >= 15 is 0 Å². The molecular formula is C13H23N5O2S. The fourth-order valence-electron chi connectivity index (χ4n) is 2.21. The predicted octanol–water partition coefficient (Wildman–Crippen LogP) is 0.673. The number of anilines is 1. The van der Waals surface area contributed by atoms with Gasteiger partial charge < -0.3 is 10.2 Å². The molecule has 0 aliphatic carbocycles. The molecule has 1 fully saturated rings. The zero-order valence-electron chi connectivity index (χ0n) is 12.4. The van der Waals surface area contributed by atoms with Crippen molar-refractivity contribution in [1.29, 1.82) is 0 Å². The molecule has 0 atom stereocenters. The second kappa shape index (κ2) is 7.67. The molecule has 7 nitrogen and oxygen atoms in total.